The SMILES string of the molecule is Cc1cccc2[nH]c(-c3cccc(-c4cccc(NC(=O)C(C)CN5CCN(C)CC5)c4)c3)nc12. The van der Waals surface area contributed by atoms with Crippen LogP contribution >= 0.6 is 0 Å². The average Bonchev–Trinajstić information content (AvgIpc) is 3.32. The fourth-order valence-electron chi connectivity index (χ4n) is 4.70. The second-order valence-electron chi connectivity index (χ2n) is 9.71. The van der Waals surface area contributed by atoms with Gasteiger partial charge in [-0.3, -0.25) is 4.79 Å². The first-order valence-electron chi connectivity index (χ1n) is 12.3. The molecule has 1 amide bonds. The molecule has 1 aromatic heterocycles. The molecule has 1 atom stereocenters. The molecule has 6 nitrogen and oxygen atoms in total. The first-order chi connectivity index (χ1) is 17.0. The quantitative estimate of drug-likeness (QED) is 0.418. The molecule has 6 heteroatoms. The number of aryl methyl sites for hydroxylation is 1. The number of piperazine rings is 1. The zero-order chi connectivity index (χ0) is 24.4. The first kappa shape index (κ1) is 23.3. The minimum atomic E-state index is -0.0677. The number of rotatable bonds is 6. The van der Waals surface area contributed by atoms with Crippen molar-refractivity contribution < 1.29 is 4.79 Å². The average molecular weight is 468 g/mol. The van der Waals surface area contributed by atoms with Gasteiger partial charge in [-0.1, -0.05) is 49.4 Å². The van der Waals surface area contributed by atoms with Crippen LogP contribution in [-0.2, 0) is 4.79 Å². The Balaban J connectivity index is 1.30. The molecule has 0 spiro atoms. The van der Waals surface area contributed by atoms with Crippen molar-refractivity contribution in [2.24, 2.45) is 5.92 Å². The lowest BCUT2D eigenvalue weighted by molar-refractivity contribution is -0.120. The summed E-state index contributed by atoms with van der Waals surface area (Å²) in [5, 5.41) is 3.13. The van der Waals surface area contributed by atoms with E-state index in [2.05, 4.69) is 70.5 Å². The standard InChI is InChI=1S/C29H33N5O/c1-20-7-4-12-26-27(20)32-28(31-26)24-10-5-8-22(17-24)23-9-6-11-25(18-23)30-29(35)21(2)19-34-15-13-33(3)14-16-34/h4-12,17-18,21H,13-16,19H2,1-3H3,(H,30,35)(H,31,32). The maximum absolute atomic E-state index is 12.9. The van der Waals surface area contributed by atoms with Crippen LogP contribution in [0.1, 0.15) is 12.5 Å². The fourth-order valence-corrected chi connectivity index (χ4v) is 4.70. The van der Waals surface area contributed by atoms with Crippen molar-refractivity contribution in [3.05, 3.63) is 72.3 Å². The van der Waals surface area contributed by atoms with Crippen molar-refractivity contribution >= 4 is 22.6 Å². The Labute approximate surface area is 207 Å². The number of aromatic nitrogens is 2. The van der Waals surface area contributed by atoms with Crippen LogP contribution < -0.4 is 5.32 Å². The van der Waals surface area contributed by atoms with Crippen LogP contribution in [-0.4, -0.2) is 65.4 Å². The Hall–Kier alpha value is -3.48. The summed E-state index contributed by atoms with van der Waals surface area (Å²) in [4.78, 5) is 25.9. The van der Waals surface area contributed by atoms with Gasteiger partial charge in [0.2, 0.25) is 5.91 Å². The largest absolute Gasteiger partial charge is 0.338 e. The molecule has 3 aromatic carbocycles. The Morgan fingerprint density at radius 1 is 0.971 bits per heavy atom. The van der Waals surface area contributed by atoms with Crippen molar-refractivity contribution in [1.29, 1.82) is 0 Å². The van der Waals surface area contributed by atoms with Crippen molar-refractivity contribution in [2.45, 2.75) is 13.8 Å². The van der Waals surface area contributed by atoms with E-state index >= 15 is 0 Å². The highest BCUT2D eigenvalue weighted by atomic mass is 16.1. The van der Waals surface area contributed by atoms with Crippen LogP contribution in [0.3, 0.4) is 0 Å². The molecular formula is C29H33N5O. The topological polar surface area (TPSA) is 64.3 Å². The highest BCUT2D eigenvalue weighted by Crippen LogP contribution is 2.28. The highest BCUT2D eigenvalue weighted by molar-refractivity contribution is 5.93. The van der Waals surface area contributed by atoms with Crippen LogP contribution in [0.15, 0.2) is 66.7 Å². The summed E-state index contributed by atoms with van der Waals surface area (Å²) in [6.07, 6.45) is 0. The van der Waals surface area contributed by atoms with E-state index in [1.165, 1.54) is 0 Å². The van der Waals surface area contributed by atoms with Crippen molar-refractivity contribution in [1.82, 2.24) is 19.8 Å². The second kappa shape index (κ2) is 10.0. The zero-order valence-electron chi connectivity index (χ0n) is 20.7. The van der Waals surface area contributed by atoms with Gasteiger partial charge in [0.1, 0.15) is 5.82 Å². The molecule has 35 heavy (non-hydrogen) atoms. The van der Waals surface area contributed by atoms with Gasteiger partial charge in [0, 0.05) is 49.9 Å². The Morgan fingerprint density at radius 3 is 2.43 bits per heavy atom. The van der Waals surface area contributed by atoms with Crippen molar-refractivity contribution in [2.75, 3.05) is 45.1 Å². The van der Waals surface area contributed by atoms with Gasteiger partial charge in [-0.25, -0.2) is 4.98 Å². The number of benzene rings is 3. The lowest BCUT2D eigenvalue weighted by atomic mass is 10.0. The predicted octanol–water partition coefficient (Wildman–Crippen LogP) is 5.03. The first-order valence-corrected chi connectivity index (χ1v) is 12.3. The molecule has 0 bridgehead atoms. The normalized spacial score (nSPS) is 15.9. The molecule has 2 N–H and O–H groups in total. The number of H-pyrrole nitrogens is 1. The van der Waals surface area contributed by atoms with Crippen LogP contribution in [0.25, 0.3) is 33.5 Å². The van der Waals surface area contributed by atoms with E-state index in [1.54, 1.807) is 0 Å². The molecule has 0 aliphatic carbocycles. The summed E-state index contributed by atoms with van der Waals surface area (Å²) in [7, 11) is 2.15. The summed E-state index contributed by atoms with van der Waals surface area (Å²) in [5.41, 5.74) is 7.20. The van der Waals surface area contributed by atoms with E-state index in [-0.39, 0.29) is 11.8 Å². The van der Waals surface area contributed by atoms with Gasteiger partial charge >= 0.3 is 0 Å². The number of carbonyl (C=O) groups excluding carboxylic acids is 1. The Kier molecular flexibility index (Phi) is 6.66. The van der Waals surface area contributed by atoms with E-state index < -0.39 is 0 Å². The Bertz CT molecular complexity index is 1340. The number of fused-ring (bicyclic) bond motifs is 1. The lowest BCUT2D eigenvalue weighted by Crippen LogP contribution is -2.47. The monoisotopic (exact) mass is 467 g/mol. The third-order valence-corrected chi connectivity index (χ3v) is 6.89. The minimum absolute atomic E-state index is 0.0625. The van der Waals surface area contributed by atoms with E-state index in [9.17, 15) is 4.79 Å². The number of hydrogen-bond acceptors (Lipinski definition) is 4. The van der Waals surface area contributed by atoms with Gasteiger partial charge in [-0.2, -0.15) is 0 Å². The van der Waals surface area contributed by atoms with Gasteiger partial charge in [0.15, 0.2) is 0 Å². The number of likely N-dealkylation sites (N-methyl/N-ethyl adjacent to an activating group) is 1. The maximum Gasteiger partial charge on any atom is 0.228 e. The Morgan fingerprint density at radius 2 is 1.66 bits per heavy atom. The number of nitrogens with zero attached hydrogens (tertiary/aromatic N) is 3. The number of aromatic amines is 1. The number of anilines is 1. The summed E-state index contributed by atoms with van der Waals surface area (Å²) in [6, 6.07) is 22.6. The number of imidazole rings is 1. The maximum atomic E-state index is 12.9. The third kappa shape index (κ3) is 5.29. The van der Waals surface area contributed by atoms with Gasteiger partial charge in [-0.15, -0.1) is 0 Å². The molecule has 0 radical (unpaired) electrons. The van der Waals surface area contributed by atoms with Crippen LogP contribution in [0, 0.1) is 12.8 Å². The van der Waals surface area contributed by atoms with Gasteiger partial charge < -0.3 is 20.1 Å². The lowest BCUT2D eigenvalue weighted by Gasteiger charge is -2.33. The second-order valence-corrected chi connectivity index (χ2v) is 9.71. The number of amides is 1. The molecule has 1 aliphatic heterocycles. The number of hydrogen-bond donors (Lipinski definition) is 2. The molecule has 5 rings (SSSR count). The number of nitrogens with one attached hydrogen (secondary N) is 2. The predicted molar refractivity (Wildman–Crippen MR) is 143 cm³/mol. The van der Waals surface area contributed by atoms with Crippen LogP contribution in [0.5, 0.6) is 0 Å². The zero-order valence-corrected chi connectivity index (χ0v) is 20.7. The van der Waals surface area contributed by atoms with Gasteiger partial charge in [-0.05, 0) is 54.9 Å². The molecule has 1 unspecified atom stereocenters. The van der Waals surface area contributed by atoms with Crippen molar-refractivity contribution in [3.63, 3.8) is 0 Å². The van der Waals surface area contributed by atoms with E-state index in [1.807, 2.05) is 37.3 Å². The molecule has 1 aliphatic rings. The third-order valence-electron chi connectivity index (χ3n) is 6.89. The fraction of sp³-hybridized carbons (Fsp3) is 0.310. The molecule has 1 saturated heterocycles. The summed E-state index contributed by atoms with van der Waals surface area (Å²) in [6.45, 7) is 9.03. The van der Waals surface area contributed by atoms with Crippen molar-refractivity contribution in [3.8, 4) is 22.5 Å². The van der Waals surface area contributed by atoms with Gasteiger partial charge in [0.05, 0.1) is 11.0 Å². The molecule has 180 valence electrons. The summed E-state index contributed by atoms with van der Waals surface area (Å²) in [5.74, 6) is 0.854. The van der Waals surface area contributed by atoms with Crippen LogP contribution in [0.2, 0.25) is 0 Å². The van der Waals surface area contributed by atoms with Crippen LogP contribution in [0.4, 0.5) is 5.69 Å². The summed E-state index contributed by atoms with van der Waals surface area (Å²) >= 11 is 0. The highest BCUT2D eigenvalue weighted by Gasteiger charge is 2.20. The molecule has 4 aromatic rings. The smallest absolute Gasteiger partial charge is 0.228 e. The molecule has 0 saturated carbocycles. The van der Waals surface area contributed by atoms with E-state index in [0.717, 1.165) is 77.5 Å². The number of para-hydroxylation sites is 1. The number of carbonyl (C=O) groups is 1. The summed E-state index contributed by atoms with van der Waals surface area (Å²) < 4.78 is 0. The molecule has 2 heterocycles. The molecular weight excluding hydrogens is 434 g/mol. The van der Waals surface area contributed by atoms with E-state index in [4.69, 9.17) is 4.98 Å². The van der Waals surface area contributed by atoms with E-state index in [0.29, 0.717) is 0 Å². The van der Waals surface area contributed by atoms with Gasteiger partial charge in [0.25, 0.3) is 0 Å². The molecule has 1 fully saturated rings. The minimum Gasteiger partial charge on any atom is -0.338 e.